The van der Waals surface area contributed by atoms with E-state index in [0.717, 1.165) is 49.2 Å². The summed E-state index contributed by atoms with van der Waals surface area (Å²) in [5.74, 6) is -1.30. The number of rotatable bonds is 14. The van der Waals surface area contributed by atoms with Crippen molar-refractivity contribution in [2.45, 2.75) is 32.6 Å². The smallest absolute Gasteiger partial charge is 0.333 e. The average Bonchev–Trinajstić information content (AvgIpc) is 3.78. The Labute approximate surface area is 287 Å². The fourth-order valence-electron chi connectivity index (χ4n) is 5.11. The molecule has 3 aromatic carbocycles. The first-order valence-electron chi connectivity index (χ1n) is 15.3. The fourth-order valence-corrected chi connectivity index (χ4v) is 7.01. The fraction of sp³-hybridized carbons (Fsp3) is 0.128. The van der Waals surface area contributed by atoms with Gasteiger partial charge < -0.3 is 14.7 Å². The number of hydrogen-bond donors (Lipinski definition) is 1. The summed E-state index contributed by atoms with van der Waals surface area (Å²) in [6.45, 7) is 9.57. The number of ether oxygens (including phenoxy) is 1. The third kappa shape index (κ3) is 8.34. The Balaban J connectivity index is 1.44. The maximum atomic E-state index is 11.3. The van der Waals surface area contributed by atoms with Gasteiger partial charge in [0.05, 0.1) is 6.57 Å². The van der Waals surface area contributed by atoms with Gasteiger partial charge in [-0.05, 0) is 96.3 Å². The standard InChI is InChI=1S/C39H31N3O4S2/c1-3-4-5-6-27-7-13-30(14-8-27)42(31-15-9-28(10-16-31)37-21-19-34(47-37)23-33(25-40)46-26-43)32-17-11-29(12-18-32)38-22-20-35(48-38)24-36(41-2)39(44)45/h7-24,26H,3-6H2,1H3,(H,44,45)/b33-23+,36-24-. The largest absolute Gasteiger partial charge is 0.486 e. The van der Waals surface area contributed by atoms with Gasteiger partial charge in [-0.3, -0.25) is 9.59 Å². The van der Waals surface area contributed by atoms with Crippen LogP contribution in [0, 0.1) is 17.9 Å². The number of aryl methyl sites for hydroxylation is 1. The third-order valence-corrected chi connectivity index (χ3v) is 9.68. The highest BCUT2D eigenvalue weighted by Gasteiger charge is 2.15. The lowest BCUT2D eigenvalue weighted by Gasteiger charge is -2.26. The Morgan fingerprint density at radius 1 is 0.833 bits per heavy atom. The normalized spacial score (nSPS) is 11.4. The highest BCUT2D eigenvalue weighted by molar-refractivity contribution is 7.16. The number of nitriles is 1. The summed E-state index contributed by atoms with van der Waals surface area (Å²) in [5, 5.41) is 18.4. The van der Waals surface area contributed by atoms with Crippen molar-refractivity contribution >= 4 is 64.3 Å². The molecule has 0 amide bonds. The molecule has 5 rings (SSSR count). The zero-order chi connectivity index (χ0) is 33.9. The van der Waals surface area contributed by atoms with Gasteiger partial charge in [-0.25, -0.2) is 4.85 Å². The van der Waals surface area contributed by atoms with Crippen LogP contribution in [-0.4, -0.2) is 17.5 Å². The van der Waals surface area contributed by atoms with Gasteiger partial charge in [0.15, 0.2) is 0 Å². The highest BCUT2D eigenvalue weighted by atomic mass is 32.1. The van der Waals surface area contributed by atoms with E-state index in [1.807, 2.05) is 42.5 Å². The van der Waals surface area contributed by atoms with E-state index < -0.39 is 5.97 Å². The summed E-state index contributed by atoms with van der Waals surface area (Å²) in [4.78, 5) is 30.7. The Morgan fingerprint density at radius 3 is 1.81 bits per heavy atom. The molecule has 48 heavy (non-hydrogen) atoms. The van der Waals surface area contributed by atoms with Gasteiger partial charge in [0.1, 0.15) is 6.07 Å². The van der Waals surface area contributed by atoms with Crippen molar-refractivity contribution in [3.63, 3.8) is 0 Å². The van der Waals surface area contributed by atoms with Crippen LogP contribution in [0.1, 0.15) is 41.5 Å². The van der Waals surface area contributed by atoms with Crippen LogP contribution in [0.5, 0.6) is 0 Å². The number of carboxylic acids is 1. The van der Waals surface area contributed by atoms with Gasteiger partial charge in [-0.15, -0.1) is 22.7 Å². The molecule has 0 fully saturated rings. The van der Waals surface area contributed by atoms with E-state index in [4.69, 9.17) is 11.3 Å². The molecular formula is C39H31N3O4S2. The van der Waals surface area contributed by atoms with Gasteiger partial charge in [0.2, 0.25) is 5.76 Å². The number of anilines is 3. The predicted octanol–water partition coefficient (Wildman–Crippen LogP) is 10.7. The Bertz CT molecular complexity index is 2020. The molecule has 0 atom stereocenters. The second-order valence-electron chi connectivity index (χ2n) is 10.7. The number of unbranched alkanes of at least 4 members (excludes halogenated alkanes) is 2. The molecule has 0 aliphatic heterocycles. The molecule has 2 aromatic heterocycles. The minimum absolute atomic E-state index is 0.0597. The monoisotopic (exact) mass is 669 g/mol. The zero-order valence-corrected chi connectivity index (χ0v) is 27.8. The molecule has 0 radical (unpaired) electrons. The topological polar surface area (TPSA) is 95.0 Å². The van der Waals surface area contributed by atoms with E-state index in [1.54, 1.807) is 6.08 Å². The molecule has 5 aromatic rings. The minimum Gasteiger partial charge on any atom is -0.486 e. The summed E-state index contributed by atoms with van der Waals surface area (Å²) in [6, 6.07) is 34.7. The predicted molar refractivity (Wildman–Crippen MR) is 194 cm³/mol. The van der Waals surface area contributed by atoms with Gasteiger partial charge in [0, 0.05) is 42.6 Å². The van der Waals surface area contributed by atoms with Crippen molar-refractivity contribution in [1.82, 2.24) is 0 Å². The number of thiophene rings is 2. The molecule has 0 aliphatic carbocycles. The van der Waals surface area contributed by atoms with Crippen LogP contribution in [0.3, 0.4) is 0 Å². The molecule has 1 N–H and O–H groups in total. The van der Waals surface area contributed by atoms with Crippen molar-refractivity contribution in [3.05, 3.63) is 135 Å². The van der Waals surface area contributed by atoms with E-state index in [-0.39, 0.29) is 17.9 Å². The first-order chi connectivity index (χ1) is 23.4. The lowest BCUT2D eigenvalue weighted by Crippen LogP contribution is -2.09. The van der Waals surface area contributed by atoms with Crippen molar-refractivity contribution in [3.8, 4) is 27.0 Å². The van der Waals surface area contributed by atoms with E-state index in [0.29, 0.717) is 4.88 Å². The SMILES string of the molecule is [C-]#[N+]/C(=C\c1ccc(-c2ccc(N(c3ccc(CCCCC)cc3)c3ccc(-c4ccc(/C=C(\C#N)OC=O)s4)cc3)cc2)s1)C(=O)O. The molecule has 0 unspecified atom stereocenters. The van der Waals surface area contributed by atoms with Gasteiger partial charge in [-0.2, -0.15) is 5.26 Å². The molecule has 0 aliphatic rings. The summed E-state index contributed by atoms with van der Waals surface area (Å²) in [7, 11) is 0. The number of carbonyl (C=O) groups is 2. The van der Waals surface area contributed by atoms with Crippen molar-refractivity contribution in [2.75, 3.05) is 4.90 Å². The number of aliphatic carboxylic acids is 1. The molecule has 0 bridgehead atoms. The van der Waals surface area contributed by atoms with E-state index in [2.05, 4.69) is 77.3 Å². The van der Waals surface area contributed by atoms with Crippen LogP contribution in [0.2, 0.25) is 0 Å². The van der Waals surface area contributed by atoms with Crippen LogP contribution in [-0.2, 0) is 20.7 Å². The molecule has 9 heteroatoms. The van der Waals surface area contributed by atoms with E-state index >= 15 is 0 Å². The number of benzene rings is 3. The van der Waals surface area contributed by atoms with Crippen molar-refractivity contribution in [2.24, 2.45) is 0 Å². The number of allylic oxidation sites excluding steroid dienone is 1. The summed E-state index contributed by atoms with van der Waals surface area (Å²) >= 11 is 2.93. The van der Waals surface area contributed by atoms with E-state index in [9.17, 15) is 20.0 Å². The summed E-state index contributed by atoms with van der Waals surface area (Å²) in [5.41, 5.74) is 6.00. The number of nitrogens with zero attached hydrogens (tertiary/aromatic N) is 3. The zero-order valence-electron chi connectivity index (χ0n) is 26.1. The first kappa shape index (κ1) is 33.6. The lowest BCUT2D eigenvalue weighted by atomic mass is 10.1. The maximum absolute atomic E-state index is 11.3. The van der Waals surface area contributed by atoms with Crippen molar-refractivity contribution in [1.29, 1.82) is 5.26 Å². The Hall–Kier alpha value is -5.74. The third-order valence-electron chi connectivity index (χ3n) is 7.51. The first-order valence-corrected chi connectivity index (χ1v) is 16.9. The van der Waals surface area contributed by atoms with Crippen LogP contribution in [0.25, 0.3) is 37.9 Å². The molecule has 0 saturated carbocycles. The van der Waals surface area contributed by atoms with Crippen molar-refractivity contribution < 1.29 is 19.4 Å². The summed E-state index contributed by atoms with van der Waals surface area (Å²) < 4.78 is 4.72. The van der Waals surface area contributed by atoms with Gasteiger partial charge >= 0.3 is 5.97 Å². The van der Waals surface area contributed by atoms with Crippen LogP contribution < -0.4 is 4.90 Å². The number of carboxylic acid groups (broad SMARTS) is 1. The van der Waals surface area contributed by atoms with Crippen LogP contribution in [0.4, 0.5) is 17.1 Å². The second-order valence-corrected chi connectivity index (χ2v) is 13.0. The van der Waals surface area contributed by atoms with Crippen LogP contribution >= 0.6 is 22.7 Å². The van der Waals surface area contributed by atoms with E-state index in [1.165, 1.54) is 53.6 Å². The Kier molecular flexibility index (Phi) is 11.3. The molecule has 238 valence electrons. The molecule has 0 spiro atoms. The van der Waals surface area contributed by atoms with Gasteiger partial charge in [0.25, 0.3) is 12.2 Å². The Morgan fingerprint density at radius 2 is 1.35 bits per heavy atom. The second kappa shape index (κ2) is 16.2. The van der Waals surface area contributed by atoms with Gasteiger partial charge in [-0.1, -0.05) is 56.2 Å². The number of hydrogen-bond acceptors (Lipinski definition) is 7. The molecule has 7 nitrogen and oxygen atoms in total. The molecular weight excluding hydrogens is 639 g/mol. The highest BCUT2D eigenvalue weighted by Crippen LogP contribution is 2.39. The summed E-state index contributed by atoms with van der Waals surface area (Å²) in [6.07, 6.45) is 7.56. The molecule has 0 saturated heterocycles. The average molecular weight is 670 g/mol. The maximum Gasteiger partial charge on any atom is 0.333 e. The molecule has 2 heterocycles. The lowest BCUT2D eigenvalue weighted by molar-refractivity contribution is -0.132. The number of carbonyl (C=O) groups excluding carboxylic acids is 1. The minimum atomic E-state index is -1.24. The van der Waals surface area contributed by atoms with Crippen LogP contribution in [0.15, 0.2) is 109 Å². The quantitative estimate of drug-likeness (QED) is 0.0316.